The molecule has 8 nitrogen and oxygen atoms in total. The Labute approximate surface area is 137 Å². The fourth-order valence-electron chi connectivity index (χ4n) is 2.80. The number of likely N-dealkylation sites (tertiary alicyclic amines) is 1. The van der Waals surface area contributed by atoms with Crippen molar-refractivity contribution in [3.05, 3.63) is 22.4 Å². The largest absolute Gasteiger partial charge is 0.473 e. The summed E-state index contributed by atoms with van der Waals surface area (Å²) in [4.78, 5) is 35.9. The van der Waals surface area contributed by atoms with Crippen LogP contribution < -0.4 is 15.8 Å². The van der Waals surface area contributed by atoms with Crippen LogP contribution in [-0.2, 0) is 9.59 Å². The van der Waals surface area contributed by atoms with E-state index in [1.165, 1.54) is 6.07 Å². The molecule has 2 aliphatic heterocycles. The summed E-state index contributed by atoms with van der Waals surface area (Å²) >= 11 is 3.11. The van der Waals surface area contributed by atoms with Gasteiger partial charge in [-0.05, 0) is 12.1 Å². The van der Waals surface area contributed by atoms with Crippen LogP contribution >= 0.6 is 15.9 Å². The van der Waals surface area contributed by atoms with Gasteiger partial charge in [0.05, 0.1) is 6.54 Å². The van der Waals surface area contributed by atoms with Crippen LogP contribution in [0, 0.1) is 5.82 Å². The smallest absolute Gasteiger partial charge is 0.408 e. The summed E-state index contributed by atoms with van der Waals surface area (Å²) in [6.07, 6.45) is -1.64. The lowest BCUT2D eigenvalue weighted by molar-refractivity contribution is -0.131. The van der Waals surface area contributed by atoms with E-state index in [0.29, 0.717) is 4.47 Å². The molecule has 2 heterocycles. The molecule has 0 unspecified atom stereocenters. The van der Waals surface area contributed by atoms with Crippen LogP contribution in [0.2, 0.25) is 0 Å². The molecule has 10 heteroatoms. The molecule has 1 aromatic carbocycles. The van der Waals surface area contributed by atoms with Gasteiger partial charge in [-0.25, -0.2) is 9.18 Å². The van der Waals surface area contributed by atoms with Crippen LogP contribution in [0.4, 0.5) is 14.9 Å². The maximum Gasteiger partial charge on any atom is 0.408 e. The van der Waals surface area contributed by atoms with Gasteiger partial charge in [0.1, 0.15) is 17.5 Å². The summed E-state index contributed by atoms with van der Waals surface area (Å²) in [7, 11) is 0. The normalized spacial score (nSPS) is 25.7. The summed E-state index contributed by atoms with van der Waals surface area (Å²) in [6, 6.07) is 1.41. The zero-order chi connectivity index (χ0) is 16.9. The molecule has 0 saturated carbocycles. The van der Waals surface area contributed by atoms with Crippen LogP contribution in [0.5, 0.6) is 5.75 Å². The Bertz CT molecular complexity index is 719. The van der Waals surface area contributed by atoms with Gasteiger partial charge in [0.2, 0.25) is 11.5 Å². The standard InChI is InChI=1S/C13H11BrFN3O5/c14-5-1-6(15)9-8(2-5)23-13(11(20)17-9)3-7(10(16)19)18(4-13)12(21)22/h1-2,7H,3-4H2,(H2,16,19)(H,17,20)(H,21,22)/t7-,13+/m0/s1. The first-order valence-electron chi connectivity index (χ1n) is 6.52. The van der Waals surface area contributed by atoms with Gasteiger partial charge in [0, 0.05) is 10.9 Å². The van der Waals surface area contributed by atoms with Gasteiger partial charge in [-0.1, -0.05) is 15.9 Å². The van der Waals surface area contributed by atoms with Crippen LogP contribution in [0.25, 0.3) is 0 Å². The number of carbonyl (C=O) groups excluding carboxylic acids is 2. The number of rotatable bonds is 1. The van der Waals surface area contributed by atoms with Gasteiger partial charge in [-0.2, -0.15) is 0 Å². The number of benzene rings is 1. The van der Waals surface area contributed by atoms with Crippen molar-refractivity contribution in [3.63, 3.8) is 0 Å². The first-order valence-corrected chi connectivity index (χ1v) is 7.31. The first-order chi connectivity index (χ1) is 10.7. The Balaban J connectivity index is 2.02. The highest BCUT2D eigenvalue weighted by molar-refractivity contribution is 9.10. The molecule has 122 valence electrons. The molecule has 3 amide bonds. The molecule has 2 atom stereocenters. The molecule has 4 N–H and O–H groups in total. The third kappa shape index (κ3) is 2.38. The average Bonchev–Trinajstić information content (AvgIpc) is 2.82. The lowest BCUT2D eigenvalue weighted by Crippen LogP contribution is -2.53. The molecule has 23 heavy (non-hydrogen) atoms. The van der Waals surface area contributed by atoms with Gasteiger partial charge < -0.3 is 20.9 Å². The number of nitrogens with one attached hydrogen (secondary N) is 1. The molecule has 1 saturated heterocycles. The Morgan fingerprint density at radius 1 is 1.52 bits per heavy atom. The highest BCUT2D eigenvalue weighted by atomic mass is 79.9. The fourth-order valence-corrected chi connectivity index (χ4v) is 3.21. The first kappa shape index (κ1) is 15.5. The maximum absolute atomic E-state index is 13.9. The number of hydrogen-bond donors (Lipinski definition) is 3. The minimum Gasteiger partial charge on any atom is -0.473 e. The Hall–Kier alpha value is -2.36. The van der Waals surface area contributed by atoms with E-state index in [1.807, 2.05) is 0 Å². The summed E-state index contributed by atoms with van der Waals surface area (Å²) in [6.45, 7) is -0.380. The average molecular weight is 388 g/mol. The molecule has 0 bridgehead atoms. The second kappa shape index (κ2) is 5.08. The van der Waals surface area contributed by atoms with Crippen LogP contribution in [-0.4, -0.2) is 46.1 Å². The Morgan fingerprint density at radius 3 is 2.78 bits per heavy atom. The van der Waals surface area contributed by atoms with Crippen molar-refractivity contribution in [2.45, 2.75) is 18.1 Å². The molecular weight excluding hydrogens is 377 g/mol. The molecule has 1 aromatic rings. The van der Waals surface area contributed by atoms with Crippen molar-refractivity contribution in [1.82, 2.24) is 4.90 Å². The van der Waals surface area contributed by atoms with Crippen molar-refractivity contribution < 1.29 is 28.6 Å². The second-order valence-corrected chi connectivity index (χ2v) is 6.26. The van der Waals surface area contributed by atoms with E-state index in [4.69, 9.17) is 10.5 Å². The number of hydrogen-bond acceptors (Lipinski definition) is 4. The van der Waals surface area contributed by atoms with E-state index >= 15 is 0 Å². The molecule has 3 rings (SSSR count). The van der Waals surface area contributed by atoms with Crippen molar-refractivity contribution >= 4 is 39.5 Å². The lowest BCUT2D eigenvalue weighted by atomic mass is 9.96. The molecule has 2 aliphatic rings. The Kier molecular flexibility index (Phi) is 3.43. The molecule has 0 radical (unpaired) electrons. The summed E-state index contributed by atoms with van der Waals surface area (Å²) < 4.78 is 19.9. The predicted molar refractivity (Wildman–Crippen MR) is 78.4 cm³/mol. The van der Waals surface area contributed by atoms with Crippen LogP contribution in [0.1, 0.15) is 6.42 Å². The number of amides is 3. The maximum atomic E-state index is 13.9. The van der Waals surface area contributed by atoms with E-state index < -0.39 is 35.4 Å². The highest BCUT2D eigenvalue weighted by Gasteiger charge is 2.57. The lowest BCUT2D eigenvalue weighted by Gasteiger charge is -2.34. The zero-order valence-corrected chi connectivity index (χ0v) is 13.1. The van der Waals surface area contributed by atoms with E-state index in [9.17, 15) is 23.9 Å². The van der Waals surface area contributed by atoms with Crippen molar-refractivity contribution in [1.29, 1.82) is 0 Å². The van der Waals surface area contributed by atoms with Crippen molar-refractivity contribution in [3.8, 4) is 5.75 Å². The summed E-state index contributed by atoms with van der Waals surface area (Å²) in [5, 5.41) is 11.6. The van der Waals surface area contributed by atoms with Gasteiger partial charge in [-0.3, -0.25) is 14.5 Å². The van der Waals surface area contributed by atoms with Gasteiger partial charge in [0.25, 0.3) is 5.91 Å². The highest BCUT2D eigenvalue weighted by Crippen LogP contribution is 2.42. The molecule has 1 spiro atoms. The number of ether oxygens (including phenoxy) is 1. The third-order valence-electron chi connectivity index (χ3n) is 3.88. The number of halogens is 2. The molecule has 1 fully saturated rings. The van der Waals surface area contributed by atoms with E-state index in [-0.39, 0.29) is 24.4 Å². The number of fused-ring (bicyclic) bond motifs is 1. The third-order valence-corrected chi connectivity index (χ3v) is 4.33. The monoisotopic (exact) mass is 387 g/mol. The zero-order valence-electron chi connectivity index (χ0n) is 11.5. The quantitative estimate of drug-likeness (QED) is 0.660. The predicted octanol–water partition coefficient (Wildman–Crippen LogP) is 0.895. The minimum absolute atomic E-state index is 0.0481. The number of nitrogens with two attached hydrogens (primary N) is 1. The summed E-state index contributed by atoms with van der Waals surface area (Å²) in [5.74, 6) is -2.25. The van der Waals surface area contributed by atoms with Crippen LogP contribution in [0.15, 0.2) is 16.6 Å². The second-order valence-electron chi connectivity index (χ2n) is 5.34. The summed E-state index contributed by atoms with van der Waals surface area (Å²) in [5.41, 5.74) is 3.45. The number of anilines is 1. The topological polar surface area (TPSA) is 122 Å². The fraction of sp³-hybridized carbons (Fsp3) is 0.308. The minimum atomic E-state index is -1.63. The van der Waals surface area contributed by atoms with Gasteiger partial charge in [0.15, 0.2) is 5.82 Å². The van der Waals surface area contributed by atoms with Crippen molar-refractivity contribution in [2.24, 2.45) is 5.73 Å². The number of primary amides is 1. The molecule has 0 aromatic heterocycles. The van der Waals surface area contributed by atoms with E-state index in [2.05, 4.69) is 21.2 Å². The number of carboxylic acid groups (broad SMARTS) is 1. The molecule has 0 aliphatic carbocycles. The Morgan fingerprint density at radius 2 is 2.22 bits per heavy atom. The van der Waals surface area contributed by atoms with Gasteiger partial charge in [-0.15, -0.1) is 0 Å². The molecular formula is C13H11BrFN3O5. The van der Waals surface area contributed by atoms with Crippen LogP contribution in [0.3, 0.4) is 0 Å². The van der Waals surface area contributed by atoms with E-state index in [1.54, 1.807) is 0 Å². The van der Waals surface area contributed by atoms with Gasteiger partial charge >= 0.3 is 6.09 Å². The van der Waals surface area contributed by atoms with E-state index in [0.717, 1.165) is 11.0 Å². The number of nitrogens with zero attached hydrogens (tertiary/aromatic N) is 1. The SMILES string of the molecule is NC(=O)[C@@H]1C[C@]2(CN1C(=O)O)Oc1cc(Br)cc(F)c1NC2=O. The number of carbonyl (C=O) groups is 3. The van der Waals surface area contributed by atoms with Crippen molar-refractivity contribution in [2.75, 3.05) is 11.9 Å².